The maximum Gasteiger partial charge on any atom is 0.244 e. The van der Waals surface area contributed by atoms with Crippen LogP contribution in [0.25, 0.3) is 0 Å². The lowest BCUT2D eigenvalue weighted by atomic mass is 9.81. The number of ketones is 1. The molecule has 38 heavy (non-hydrogen) atoms. The lowest BCUT2D eigenvalue weighted by Gasteiger charge is -2.27. The van der Waals surface area contributed by atoms with Gasteiger partial charge < -0.3 is 24.3 Å². The molecule has 7 nitrogen and oxygen atoms in total. The summed E-state index contributed by atoms with van der Waals surface area (Å²) in [6, 6.07) is -0.322. The Balaban J connectivity index is 1.30. The average Bonchev–Trinajstić information content (AvgIpc) is 3.81. The van der Waals surface area contributed by atoms with Crippen molar-refractivity contribution in [2.24, 2.45) is 5.92 Å². The molecule has 0 bridgehead atoms. The number of allylic oxidation sites excluding steroid dienone is 3. The zero-order valence-electron chi connectivity index (χ0n) is 23.9. The molecule has 3 heterocycles. The third-order valence-electron chi connectivity index (χ3n) is 8.38. The second kappa shape index (κ2) is 13.7. The van der Waals surface area contributed by atoms with Crippen molar-refractivity contribution in [2.45, 2.75) is 147 Å². The van der Waals surface area contributed by atoms with E-state index in [1.807, 2.05) is 13.0 Å². The van der Waals surface area contributed by atoms with Gasteiger partial charge in [-0.1, -0.05) is 96.3 Å². The molecule has 1 saturated carbocycles. The van der Waals surface area contributed by atoms with E-state index < -0.39 is 24.1 Å². The van der Waals surface area contributed by atoms with Crippen LogP contribution in [0.2, 0.25) is 0 Å². The molecule has 1 aliphatic carbocycles. The van der Waals surface area contributed by atoms with Gasteiger partial charge in [0.1, 0.15) is 30.0 Å². The predicted molar refractivity (Wildman–Crippen MR) is 147 cm³/mol. The second-order valence-corrected chi connectivity index (χ2v) is 11.8. The van der Waals surface area contributed by atoms with E-state index in [-0.39, 0.29) is 29.9 Å². The van der Waals surface area contributed by atoms with Crippen LogP contribution < -0.4 is 5.32 Å². The first-order valence-electron chi connectivity index (χ1n) is 15.2. The number of hydrogen-bond acceptors (Lipinski definition) is 6. The van der Waals surface area contributed by atoms with Crippen molar-refractivity contribution in [1.82, 2.24) is 5.32 Å². The number of ether oxygens (including phenoxy) is 4. The Labute approximate surface area is 229 Å². The van der Waals surface area contributed by atoms with Crippen LogP contribution in [0, 0.1) is 5.92 Å². The molecule has 4 aliphatic rings. The first kappa shape index (κ1) is 29.4. The number of Topliss-reactive ketones (excluding diaryl/α,β-unsaturated/α-hetero) is 1. The van der Waals surface area contributed by atoms with Gasteiger partial charge in [0.2, 0.25) is 5.91 Å². The molecule has 0 aromatic heterocycles. The zero-order chi connectivity index (χ0) is 27.1. The molecule has 7 atom stereocenters. The smallest absolute Gasteiger partial charge is 0.244 e. The van der Waals surface area contributed by atoms with E-state index >= 15 is 0 Å². The van der Waals surface area contributed by atoms with Gasteiger partial charge in [0.05, 0.1) is 6.04 Å². The van der Waals surface area contributed by atoms with Crippen molar-refractivity contribution in [2.75, 3.05) is 6.61 Å². The number of carbonyl (C=O) groups excluding carboxylic acids is 2. The van der Waals surface area contributed by atoms with Crippen LogP contribution >= 0.6 is 0 Å². The average molecular weight is 532 g/mol. The van der Waals surface area contributed by atoms with Crippen LogP contribution in [-0.4, -0.2) is 60.6 Å². The van der Waals surface area contributed by atoms with E-state index in [4.69, 9.17) is 18.9 Å². The van der Waals surface area contributed by atoms with Gasteiger partial charge >= 0.3 is 0 Å². The number of epoxide rings is 2. The molecular formula is C31H49NO6. The van der Waals surface area contributed by atoms with Gasteiger partial charge in [-0.2, -0.15) is 0 Å². The summed E-state index contributed by atoms with van der Waals surface area (Å²) in [5.74, 6) is 0.353. The normalized spacial score (nSPS) is 34.4. The van der Waals surface area contributed by atoms with Gasteiger partial charge in [0.15, 0.2) is 12.1 Å². The van der Waals surface area contributed by atoms with Crippen LogP contribution in [-0.2, 0) is 28.5 Å². The van der Waals surface area contributed by atoms with E-state index in [0.717, 1.165) is 18.4 Å². The first-order chi connectivity index (χ1) is 18.4. The number of rotatable bonds is 17. The Bertz CT molecular complexity index is 848. The summed E-state index contributed by atoms with van der Waals surface area (Å²) in [4.78, 5) is 25.2. The van der Waals surface area contributed by atoms with Gasteiger partial charge in [-0.05, 0) is 25.7 Å². The number of carbonyl (C=O) groups is 2. The molecule has 3 aliphatic heterocycles. The Morgan fingerprint density at radius 1 is 1.00 bits per heavy atom. The first-order valence-corrected chi connectivity index (χ1v) is 15.2. The Kier molecular flexibility index (Phi) is 10.6. The molecule has 4 rings (SSSR count). The number of fused-ring (bicyclic) bond motifs is 4. The van der Waals surface area contributed by atoms with Crippen LogP contribution in [0.4, 0.5) is 0 Å². The van der Waals surface area contributed by atoms with Crippen molar-refractivity contribution >= 4 is 11.7 Å². The third kappa shape index (κ3) is 7.35. The highest BCUT2D eigenvalue weighted by Crippen LogP contribution is 2.57. The van der Waals surface area contributed by atoms with Crippen molar-refractivity contribution in [3.63, 3.8) is 0 Å². The monoisotopic (exact) mass is 531 g/mol. The van der Waals surface area contributed by atoms with Crippen molar-refractivity contribution in [1.29, 1.82) is 0 Å². The van der Waals surface area contributed by atoms with Crippen LogP contribution in [0.1, 0.15) is 105 Å². The van der Waals surface area contributed by atoms with Gasteiger partial charge in [0, 0.05) is 19.1 Å². The SMILES string of the molecule is CCCCCCCCOC1OC2(CC1NC(=O)/C=C/C(C)=C/C(C)CCCCCC)C1OC1C(=O)C1OC12. The standard InChI is InChI=1S/C31H49NO6/c1-5-7-9-11-12-14-18-35-30-23(20-31(38-30)28-26(36-28)25(34)27-29(31)37-27)32-24(33)17-16-22(4)19-21(3)15-13-10-8-6-2/h16-17,19,21,23,26-30H,5-15,18,20H2,1-4H3,(H,32,33)/b17-16+,22-19+. The minimum Gasteiger partial charge on any atom is -0.358 e. The predicted octanol–water partition coefficient (Wildman–Crippen LogP) is 5.56. The van der Waals surface area contributed by atoms with E-state index in [0.29, 0.717) is 18.9 Å². The van der Waals surface area contributed by atoms with E-state index in [9.17, 15) is 9.59 Å². The van der Waals surface area contributed by atoms with Crippen molar-refractivity contribution in [3.8, 4) is 0 Å². The summed E-state index contributed by atoms with van der Waals surface area (Å²) < 4.78 is 24.1. The summed E-state index contributed by atoms with van der Waals surface area (Å²) in [5, 5.41) is 3.12. The molecule has 7 unspecified atom stereocenters. The minimum absolute atomic E-state index is 0.0241. The lowest BCUT2D eigenvalue weighted by molar-refractivity contribution is -0.186. The van der Waals surface area contributed by atoms with Gasteiger partial charge in [-0.3, -0.25) is 9.59 Å². The summed E-state index contributed by atoms with van der Waals surface area (Å²) in [5.41, 5.74) is 0.368. The Morgan fingerprint density at radius 3 is 2.32 bits per heavy atom. The second-order valence-electron chi connectivity index (χ2n) is 11.8. The minimum atomic E-state index is -0.722. The van der Waals surface area contributed by atoms with E-state index in [1.54, 1.807) is 6.08 Å². The van der Waals surface area contributed by atoms with Gasteiger partial charge in [0.25, 0.3) is 0 Å². The lowest BCUT2D eigenvalue weighted by Crippen LogP contribution is -2.49. The highest BCUT2D eigenvalue weighted by atomic mass is 16.7. The summed E-state index contributed by atoms with van der Waals surface area (Å²) in [7, 11) is 0. The largest absolute Gasteiger partial charge is 0.358 e. The number of nitrogens with one attached hydrogen (secondary N) is 1. The van der Waals surface area contributed by atoms with E-state index in [2.05, 4.69) is 32.2 Å². The Morgan fingerprint density at radius 2 is 1.63 bits per heavy atom. The summed E-state index contributed by atoms with van der Waals surface area (Å²) in [6.45, 7) is 9.30. The third-order valence-corrected chi connectivity index (χ3v) is 8.38. The van der Waals surface area contributed by atoms with Crippen molar-refractivity contribution < 1.29 is 28.5 Å². The maximum atomic E-state index is 12.9. The molecule has 3 saturated heterocycles. The fourth-order valence-corrected chi connectivity index (χ4v) is 6.15. The van der Waals surface area contributed by atoms with Gasteiger partial charge in [-0.15, -0.1) is 0 Å². The van der Waals surface area contributed by atoms with Crippen LogP contribution in [0.15, 0.2) is 23.8 Å². The molecule has 0 aromatic carbocycles. The zero-order valence-corrected chi connectivity index (χ0v) is 23.9. The number of hydrogen-bond donors (Lipinski definition) is 1. The molecule has 1 N–H and O–H groups in total. The quantitative estimate of drug-likeness (QED) is 0.114. The number of amides is 1. The highest BCUT2D eigenvalue weighted by molar-refractivity contribution is 5.94. The number of unbranched alkanes of at least 4 members (excludes halogenated alkanes) is 8. The molecule has 4 fully saturated rings. The van der Waals surface area contributed by atoms with E-state index in [1.165, 1.54) is 57.8 Å². The topological polar surface area (TPSA) is 89.7 Å². The molecule has 0 aromatic rings. The molecular weight excluding hydrogens is 482 g/mol. The molecule has 214 valence electrons. The fraction of sp³-hybridized carbons (Fsp3) is 0.806. The molecule has 1 amide bonds. The van der Waals surface area contributed by atoms with Crippen molar-refractivity contribution in [3.05, 3.63) is 23.8 Å². The van der Waals surface area contributed by atoms with Gasteiger partial charge in [-0.25, -0.2) is 0 Å². The molecule has 7 heteroatoms. The molecule has 1 spiro atoms. The van der Waals surface area contributed by atoms with Crippen LogP contribution in [0.5, 0.6) is 0 Å². The highest BCUT2D eigenvalue weighted by Gasteiger charge is 2.79. The molecule has 0 radical (unpaired) electrons. The maximum absolute atomic E-state index is 12.9. The fourth-order valence-electron chi connectivity index (χ4n) is 6.15. The summed E-state index contributed by atoms with van der Waals surface area (Å²) >= 11 is 0. The Hall–Kier alpha value is -1.54. The van der Waals surface area contributed by atoms with Crippen LogP contribution in [0.3, 0.4) is 0 Å². The summed E-state index contributed by atoms with van der Waals surface area (Å²) in [6.07, 6.45) is 17.5.